The van der Waals surface area contributed by atoms with Gasteiger partial charge in [-0.05, 0) is 36.5 Å². The summed E-state index contributed by atoms with van der Waals surface area (Å²) in [4.78, 5) is 25.5. The molecule has 0 spiro atoms. The van der Waals surface area contributed by atoms with Gasteiger partial charge in [-0.2, -0.15) is 26.3 Å². The van der Waals surface area contributed by atoms with E-state index in [0.717, 1.165) is 36.4 Å². The van der Waals surface area contributed by atoms with Crippen LogP contribution < -0.4 is 5.56 Å². The molecule has 0 aliphatic rings. The number of hydrogen-bond acceptors (Lipinski definition) is 4. The molecule has 0 amide bonds. The van der Waals surface area contributed by atoms with Gasteiger partial charge in [-0.15, -0.1) is 0 Å². The molecule has 12 heteroatoms. The first-order valence-corrected chi connectivity index (χ1v) is 9.24. The third kappa shape index (κ3) is 4.13. The average Bonchev–Trinajstić information content (AvgIpc) is 2.72. The highest BCUT2D eigenvalue weighted by Gasteiger charge is 2.32. The number of aromatic nitrogens is 4. The topological polar surface area (TPSA) is 74.4 Å². The van der Waals surface area contributed by atoms with Gasteiger partial charge in [0, 0.05) is 11.1 Å². The Morgan fingerprint density at radius 3 is 1.75 bits per heavy atom. The number of rotatable bonds is 2. The fourth-order valence-corrected chi connectivity index (χ4v) is 3.26. The molecule has 0 unspecified atom stereocenters. The number of nitrogens with zero attached hydrogens (tertiary/aromatic N) is 2. The Labute approximate surface area is 179 Å². The zero-order chi connectivity index (χ0) is 23.3. The van der Waals surface area contributed by atoms with E-state index in [1.807, 2.05) is 0 Å². The summed E-state index contributed by atoms with van der Waals surface area (Å²) in [6.07, 6.45) is -9.33. The molecule has 0 aliphatic carbocycles. The fourth-order valence-electron chi connectivity index (χ4n) is 3.07. The third-order valence-corrected chi connectivity index (χ3v) is 4.70. The number of benzene rings is 2. The second-order valence-electron chi connectivity index (χ2n) is 6.68. The highest BCUT2D eigenvalue weighted by atomic mass is 32.1. The number of H-pyrrole nitrogens is 2. The van der Waals surface area contributed by atoms with Gasteiger partial charge in [-0.3, -0.25) is 9.78 Å². The Kier molecular flexibility index (Phi) is 5.12. The van der Waals surface area contributed by atoms with E-state index in [-0.39, 0.29) is 38.4 Å². The lowest BCUT2D eigenvalue weighted by Crippen LogP contribution is -2.12. The minimum atomic E-state index is -4.67. The summed E-state index contributed by atoms with van der Waals surface area (Å²) >= 11 is 4.89. The maximum absolute atomic E-state index is 13.2. The lowest BCUT2D eigenvalue weighted by atomic mass is 10.0. The van der Waals surface area contributed by atoms with Crippen molar-refractivity contribution in [2.24, 2.45) is 0 Å². The lowest BCUT2D eigenvalue weighted by Gasteiger charge is -2.13. The number of halogens is 6. The van der Waals surface area contributed by atoms with Crippen molar-refractivity contribution in [1.29, 1.82) is 0 Å². The van der Waals surface area contributed by atoms with Gasteiger partial charge in [0.25, 0.3) is 5.56 Å². The summed E-state index contributed by atoms with van der Waals surface area (Å²) in [7, 11) is 0. The van der Waals surface area contributed by atoms with E-state index in [0.29, 0.717) is 0 Å². The van der Waals surface area contributed by atoms with Crippen LogP contribution in [0.25, 0.3) is 33.7 Å². The highest BCUT2D eigenvalue weighted by Crippen LogP contribution is 2.37. The van der Waals surface area contributed by atoms with E-state index < -0.39 is 29.0 Å². The predicted molar refractivity (Wildman–Crippen MR) is 106 cm³/mol. The summed E-state index contributed by atoms with van der Waals surface area (Å²) in [6.45, 7) is 0. The van der Waals surface area contributed by atoms with Crippen molar-refractivity contribution in [2.45, 2.75) is 12.4 Å². The van der Waals surface area contributed by atoms with E-state index >= 15 is 0 Å². The van der Waals surface area contributed by atoms with Gasteiger partial charge in [0.2, 0.25) is 0 Å². The van der Waals surface area contributed by atoms with Gasteiger partial charge in [-0.1, -0.05) is 24.3 Å². The largest absolute Gasteiger partial charge is 0.416 e. The predicted octanol–water partition coefficient (Wildman–Crippen LogP) is 5.75. The van der Waals surface area contributed by atoms with Crippen molar-refractivity contribution >= 4 is 23.4 Å². The molecule has 0 fully saturated rings. The summed E-state index contributed by atoms with van der Waals surface area (Å²) < 4.78 is 79.2. The first kappa shape index (κ1) is 21.7. The van der Waals surface area contributed by atoms with Crippen molar-refractivity contribution in [3.05, 3.63) is 74.8 Å². The summed E-state index contributed by atoms with van der Waals surface area (Å²) in [5, 5.41) is 0. The van der Waals surface area contributed by atoms with Gasteiger partial charge in [0.1, 0.15) is 0 Å². The maximum Gasteiger partial charge on any atom is 0.416 e. The number of hydrogen-bond donors (Lipinski definition) is 2. The van der Waals surface area contributed by atoms with Crippen LogP contribution in [0.15, 0.2) is 53.3 Å². The number of alkyl halides is 6. The minimum Gasteiger partial charge on any atom is -0.315 e. The maximum atomic E-state index is 13.2. The molecular weight excluding hydrogens is 458 g/mol. The fraction of sp³-hybridized carbons (Fsp3) is 0.100. The van der Waals surface area contributed by atoms with Crippen LogP contribution in [0.2, 0.25) is 0 Å². The summed E-state index contributed by atoms with van der Waals surface area (Å²) in [5.41, 5.74) is -3.59. The first-order valence-electron chi connectivity index (χ1n) is 8.83. The molecule has 2 N–H and O–H groups in total. The van der Waals surface area contributed by atoms with Crippen molar-refractivity contribution < 1.29 is 26.3 Å². The second-order valence-corrected chi connectivity index (χ2v) is 7.09. The minimum absolute atomic E-state index is 0.0544. The van der Waals surface area contributed by atoms with Gasteiger partial charge in [0.15, 0.2) is 15.9 Å². The Balaban J connectivity index is 2.06. The third-order valence-electron chi connectivity index (χ3n) is 4.50. The molecule has 0 atom stereocenters. The molecule has 4 aromatic rings. The van der Waals surface area contributed by atoms with Crippen LogP contribution in [0.3, 0.4) is 0 Å². The van der Waals surface area contributed by atoms with Crippen LogP contribution in [0.5, 0.6) is 0 Å². The van der Waals surface area contributed by atoms with Crippen molar-refractivity contribution in [3.63, 3.8) is 0 Å². The highest BCUT2D eigenvalue weighted by molar-refractivity contribution is 7.71. The monoisotopic (exact) mass is 468 g/mol. The van der Waals surface area contributed by atoms with Gasteiger partial charge in [0.05, 0.1) is 22.5 Å². The Bertz CT molecular complexity index is 1460. The van der Waals surface area contributed by atoms with E-state index in [1.54, 1.807) is 0 Å². The van der Waals surface area contributed by atoms with Crippen LogP contribution >= 0.6 is 12.2 Å². The van der Waals surface area contributed by atoms with Gasteiger partial charge in [-0.25, -0.2) is 9.97 Å². The smallest absolute Gasteiger partial charge is 0.315 e. The van der Waals surface area contributed by atoms with Gasteiger partial charge >= 0.3 is 12.4 Å². The van der Waals surface area contributed by atoms with Gasteiger partial charge < -0.3 is 4.98 Å². The Morgan fingerprint density at radius 1 is 0.750 bits per heavy atom. The van der Waals surface area contributed by atoms with Crippen LogP contribution in [0.1, 0.15) is 11.1 Å². The van der Waals surface area contributed by atoms with E-state index in [9.17, 15) is 31.1 Å². The quantitative estimate of drug-likeness (QED) is 0.290. The van der Waals surface area contributed by atoms with Crippen molar-refractivity contribution in [1.82, 2.24) is 19.9 Å². The SMILES string of the molecule is O=c1[nH]c(=S)[nH]c2nc(-c3cccc(C(F)(F)F)c3)c(-c3cccc(C(F)(F)F)c3)nc12. The molecule has 0 aliphatic heterocycles. The Hall–Kier alpha value is -3.54. The molecule has 4 rings (SSSR count). The lowest BCUT2D eigenvalue weighted by molar-refractivity contribution is -0.138. The zero-order valence-corrected chi connectivity index (χ0v) is 16.4. The van der Waals surface area contributed by atoms with Crippen LogP contribution in [-0.2, 0) is 12.4 Å². The molecule has 0 saturated carbocycles. The molecule has 0 bridgehead atoms. The number of fused-ring (bicyclic) bond motifs is 1. The van der Waals surface area contributed by atoms with E-state index in [1.165, 1.54) is 12.1 Å². The van der Waals surface area contributed by atoms with Crippen LogP contribution in [-0.4, -0.2) is 19.9 Å². The van der Waals surface area contributed by atoms with Crippen molar-refractivity contribution in [3.8, 4) is 22.5 Å². The summed E-state index contributed by atoms with van der Waals surface area (Å²) in [5.74, 6) is 0. The Morgan fingerprint density at radius 2 is 1.25 bits per heavy atom. The molecular formula is C20H10F6N4OS. The number of nitrogens with one attached hydrogen (secondary N) is 2. The second kappa shape index (κ2) is 7.55. The summed E-state index contributed by atoms with van der Waals surface area (Å²) in [6, 6.07) is 8.14. The molecule has 5 nitrogen and oxygen atoms in total. The van der Waals surface area contributed by atoms with E-state index in [2.05, 4.69) is 19.9 Å². The molecule has 2 aromatic heterocycles. The van der Waals surface area contributed by atoms with Crippen LogP contribution in [0.4, 0.5) is 26.3 Å². The van der Waals surface area contributed by atoms with E-state index in [4.69, 9.17) is 12.2 Å². The van der Waals surface area contributed by atoms with Crippen molar-refractivity contribution in [2.75, 3.05) is 0 Å². The normalized spacial score (nSPS) is 12.3. The number of aromatic amines is 2. The molecule has 2 aromatic carbocycles. The molecule has 32 heavy (non-hydrogen) atoms. The average molecular weight is 468 g/mol. The molecule has 0 saturated heterocycles. The molecule has 164 valence electrons. The first-order chi connectivity index (χ1) is 14.9. The molecule has 0 radical (unpaired) electrons. The standard InChI is InChI=1S/C20H10F6N4OS/c21-19(22,23)11-5-1-3-9(7-11)13-14(10-4-2-6-12(8-10)20(24,25)26)28-16-15(27-13)17(31)30-18(32)29-16/h1-8H,(H2,28,29,30,31,32). The van der Waals surface area contributed by atoms with Crippen LogP contribution in [0, 0.1) is 4.77 Å². The zero-order valence-electron chi connectivity index (χ0n) is 15.6. The molecule has 2 heterocycles.